The van der Waals surface area contributed by atoms with E-state index in [-0.39, 0.29) is 35.7 Å². The first-order valence-corrected chi connectivity index (χ1v) is 23.9. The van der Waals surface area contributed by atoms with Crippen molar-refractivity contribution in [3.8, 4) is 0 Å². The molecular formula is C36H45ClN2O12S4. The number of rotatable bonds is 13. The Morgan fingerprint density at radius 1 is 0.745 bits per heavy atom. The van der Waals surface area contributed by atoms with Crippen LogP contribution < -0.4 is 9.80 Å². The van der Waals surface area contributed by atoms with E-state index >= 15 is 0 Å². The molecule has 1 atom stereocenters. The number of nitrogens with zero attached hydrogens (tertiary/aromatic N) is 2. The molecule has 1 aliphatic carbocycles. The molecule has 19 heteroatoms. The summed E-state index contributed by atoms with van der Waals surface area (Å²) in [5.41, 5.74) is 3.32. The highest BCUT2D eigenvalue weighted by atomic mass is 35.5. The van der Waals surface area contributed by atoms with Gasteiger partial charge in [-0.15, -0.1) is 0 Å². The van der Waals surface area contributed by atoms with Gasteiger partial charge in [0.2, 0.25) is 0 Å². The van der Waals surface area contributed by atoms with Gasteiger partial charge in [-0.25, -0.2) is 0 Å². The van der Waals surface area contributed by atoms with Crippen molar-refractivity contribution in [1.29, 1.82) is 0 Å². The smallest absolute Gasteiger partial charge is 0.294 e. The standard InChI is InChI=1S/C36H45ClN2O12S4/c1-35(2)28-22-26(54(46,47)48)12-14-30(28)38(18-6-20-52(40,41)42)32(35)16-10-24-8-5-9-25(34(24)37)11-17-33-36(3,4)29-23-27(55(49,50)51)13-15-31(29)39(33)19-7-21-53(43,44)45/h10-17,22-23,32H,5-9,18-21H2,1-4H3,(H,40,41,42)(H,43,44,45)(H,46,47,48)(H,49,50,51)/b16-10+,25-11+,33-17+. The van der Waals surface area contributed by atoms with Crippen molar-refractivity contribution in [2.24, 2.45) is 0 Å². The van der Waals surface area contributed by atoms with Gasteiger partial charge in [-0.1, -0.05) is 57.5 Å². The van der Waals surface area contributed by atoms with Gasteiger partial charge in [-0.3, -0.25) is 18.2 Å². The Balaban J connectivity index is 1.51. The molecule has 0 aromatic heterocycles. The van der Waals surface area contributed by atoms with E-state index in [9.17, 15) is 51.9 Å². The van der Waals surface area contributed by atoms with Gasteiger partial charge in [-0.05, 0) is 96.9 Å². The summed E-state index contributed by atoms with van der Waals surface area (Å²) in [7, 11) is -17.5. The molecule has 55 heavy (non-hydrogen) atoms. The van der Waals surface area contributed by atoms with Gasteiger partial charge in [0, 0.05) is 46.0 Å². The van der Waals surface area contributed by atoms with Gasteiger partial charge in [0.1, 0.15) is 0 Å². The molecule has 2 aliphatic heterocycles. The monoisotopic (exact) mass is 860 g/mol. The highest BCUT2D eigenvalue weighted by molar-refractivity contribution is 7.86. The Bertz CT molecular complexity index is 2450. The van der Waals surface area contributed by atoms with Crippen molar-refractivity contribution in [3.05, 3.63) is 93.7 Å². The quantitative estimate of drug-likeness (QED) is 0.169. The minimum atomic E-state index is -4.51. The normalized spacial score (nSPS) is 21.6. The van der Waals surface area contributed by atoms with Crippen molar-refractivity contribution in [3.63, 3.8) is 0 Å². The molecule has 0 saturated carbocycles. The van der Waals surface area contributed by atoms with Gasteiger partial charge in [0.05, 0.1) is 27.3 Å². The average molecular weight is 861 g/mol. The summed E-state index contributed by atoms with van der Waals surface area (Å²) in [5.74, 6) is -0.954. The van der Waals surface area contributed by atoms with Crippen LogP contribution in [0.25, 0.3) is 0 Å². The van der Waals surface area contributed by atoms with Crippen LogP contribution in [-0.2, 0) is 51.3 Å². The lowest BCUT2D eigenvalue weighted by Crippen LogP contribution is -2.41. The number of halogens is 1. The second kappa shape index (κ2) is 15.4. The number of allylic oxidation sites excluding steroid dienone is 7. The third-order valence-electron chi connectivity index (χ3n) is 10.5. The molecule has 14 nitrogen and oxygen atoms in total. The summed E-state index contributed by atoms with van der Waals surface area (Å²) in [6.45, 7) is 7.97. The molecule has 2 aromatic rings. The summed E-state index contributed by atoms with van der Waals surface area (Å²) in [6, 6.07) is 8.07. The van der Waals surface area contributed by atoms with Gasteiger partial charge >= 0.3 is 0 Å². The molecule has 5 rings (SSSR count). The maximum Gasteiger partial charge on any atom is 0.294 e. The van der Waals surface area contributed by atoms with Crippen LogP contribution in [0.3, 0.4) is 0 Å². The first kappa shape index (κ1) is 43.1. The maximum atomic E-state index is 12.0. The van der Waals surface area contributed by atoms with Crippen LogP contribution in [0.2, 0.25) is 0 Å². The van der Waals surface area contributed by atoms with E-state index in [0.29, 0.717) is 46.1 Å². The van der Waals surface area contributed by atoms with E-state index in [1.807, 2.05) is 61.8 Å². The minimum absolute atomic E-state index is 0.0727. The van der Waals surface area contributed by atoms with Crippen molar-refractivity contribution in [2.45, 2.75) is 86.5 Å². The van der Waals surface area contributed by atoms with E-state index in [2.05, 4.69) is 0 Å². The van der Waals surface area contributed by atoms with Gasteiger partial charge in [0.25, 0.3) is 40.5 Å². The number of anilines is 2. The van der Waals surface area contributed by atoms with Crippen LogP contribution in [0.15, 0.2) is 92.4 Å². The zero-order valence-corrected chi connectivity index (χ0v) is 34.7. The van der Waals surface area contributed by atoms with Gasteiger partial charge in [0.15, 0.2) is 0 Å². The summed E-state index contributed by atoms with van der Waals surface area (Å²) < 4.78 is 132. The first-order chi connectivity index (χ1) is 25.2. The maximum absolute atomic E-state index is 12.0. The summed E-state index contributed by atoms with van der Waals surface area (Å²) in [4.78, 5) is 3.24. The summed E-state index contributed by atoms with van der Waals surface area (Å²) in [5, 5.41) is 0.499. The molecule has 2 heterocycles. The predicted molar refractivity (Wildman–Crippen MR) is 211 cm³/mol. The highest BCUT2D eigenvalue weighted by Crippen LogP contribution is 2.50. The van der Waals surface area contributed by atoms with E-state index in [4.69, 9.17) is 11.6 Å². The Morgan fingerprint density at radius 3 is 1.85 bits per heavy atom. The first-order valence-electron chi connectivity index (χ1n) is 17.4. The predicted octanol–water partition coefficient (Wildman–Crippen LogP) is 6.04. The molecule has 0 saturated heterocycles. The molecular weight excluding hydrogens is 816 g/mol. The molecule has 2 aromatic carbocycles. The lowest BCUT2D eigenvalue weighted by atomic mass is 9.80. The second-order valence-electron chi connectivity index (χ2n) is 15.0. The molecule has 3 aliphatic rings. The second-order valence-corrected chi connectivity index (χ2v) is 21.4. The fraction of sp³-hybridized carbons (Fsp3) is 0.444. The lowest BCUT2D eigenvalue weighted by molar-refractivity contribution is 0.466. The van der Waals surface area contributed by atoms with Crippen LogP contribution in [0.1, 0.15) is 70.9 Å². The van der Waals surface area contributed by atoms with Gasteiger partial charge < -0.3 is 9.80 Å². The summed E-state index contributed by atoms with van der Waals surface area (Å²) >= 11 is 7.05. The third-order valence-corrected chi connectivity index (χ3v) is 14.3. The van der Waals surface area contributed by atoms with Crippen molar-refractivity contribution < 1.29 is 51.9 Å². The SMILES string of the molecule is CC1(C)/C(=C\C=C2/CCCC(/C=C/C3N(CCCS(=O)(=O)O)c4ccc(S(=O)(=O)O)cc4C3(C)C)=C2Cl)N(CCCS(=O)(=O)O)c2ccc(S(=O)(=O)O)cc21. The minimum Gasteiger partial charge on any atom is -0.364 e. The van der Waals surface area contributed by atoms with Crippen LogP contribution in [0.4, 0.5) is 11.4 Å². The number of benzene rings is 2. The fourth-order valence-electron chi connectivity index (χ4n) is 7.72. The van der Waals surface area contributed by atoms with Gasteiger partial charge in [-0.2, -0.15) is 33.7 Å². The molecule has 0 fully saturated rings. The Hall–Kier alpha value is -3.07. The van der Waals surface area contributed by atoms with E-state index in [1.165, 1.54) is 24.3 Å². The Kier molecular flexibility index (Phi) is 12.0. The topological polar surface area (TPSA) is 224 Å². The summed E-state index contributed by atoms with van der Waals surface area (Å²) in [6.07, 6.45) is 9.72. The molecule has 0 amide bonds. The van der Waals surface area contributed by atoms with Crippen molar-refractivity contribution in [2.75, 3.05) is 34.4 Å². The van der Waals surface area contributed by atoms with Crippen LogP contribution in [-0.4, -0.2) is 82.5 Å². The molecule has 0 radical (unpaired) electrons. The average Bonchev–Trinajstić information content (AvgIpc) is 3.39. The molecule has 4 N–H and O–H groups in total. The number of hydrogen-bond donors (Lipinski definition) is 4. The van der Waals surface area contributed by atoms with Crippen LogP contribution in [0, 0.1) is 0 Å². The Morgan fingerprint density at radius 2 is 1.29 bits per heavy atom. The third kappa shape index (κ3) is 9.56. The zero-order chi connectivity index (χ0) is 40.9. The fourth-order valence-corrected chi connectivity index (χ4v) is 10.0. The molecule has 302 valence electrons. The van der Waals surface area contributed by atoms with Crippen molar-refractivity contribution >= 4 is 63.4 Å². The van der Waals surface area contributed by atoms with E-state index < -0.39 is 68.9 Å². The molecule has 0 spiro atoms. The number of hydrogen-bond acceptors (Lipinski definition) is 10. The van der Waals surface area contributed by atoms with E-state index in [1.54, 1.807) is 12.1 Å². The molecule has 1 unspecified atom stereocenters. The largest absolute Gasteiger partial charge is 0.364 e. The van der Waals surface area contributed by atoms with Crippen LogP contribution >= 0.6 is 11.6 Å². The molecule has 0 bridgehead atoms. The number of fused-ring (bicyclic) bond motifs is 2. The van der Waals surface area contributed by atoms with E-state index in [0.717, 1.165) is 17.6 Å². The Labute approximate surface area is 328 Å². The van der Waals surface area contributed by atoms with Crippen molar-refractivity contribution in [1.82, 2.24) is 0 Å². The zero-order valence-electron chi connectivity index (χ0n) is 30.7. The van der Waals surface area contributed by atoms with Crippen LogP contribution in [0.5, 0.6) is 0 Å². The lowest BCUT2D eigenvalue weighted by Gasteiger charge is -2.32. The highest BCUT2D eigenvalue weighted by Gasteiger charge is 2.44.